The summed E-state index contributed by atoms with van der Waals surface area (Å²) in [6, 6.07) is 5.74. The number of rotatable bonds is 5. The maximum absolute atomic E-state index is 5.73. The molecule has 0 saturated carbocycles. The Bertz CT molecular complexity index is 597. The SMILES string of the molecule is CCc1cnc(CNc2cccc(Br)c2C(N)=S)o1. The third-order valence-corrected chi connectivity index (χ3v) is 3.50. The monoisotopic (exact) mass is 339 g/mol. The smallest absolute Gasteiger partial charge is 0.213 e. The lowest BCUT2D eigenvalue weighted by Gasteiger charge is -2.11. The largest absolute Gasteiger partial charge is 0.444 e. The van der Waals surface area contributed by atoms with E-state index in [-0.39, 0.29) is 0 Å². The molecular weight excluding hydrogens is 326 g/mol. The first-order valence-electron chi connectivity index (χ1n) is 5.87. The zero-order valence-electron chi connectivity index (χ0n) is 10.4. The van der Waals surface area contributed by atoms with Crippen LogP contribution in [0.25, 0.3) is 0 Å². The van der Waals surface area contributed by atoms with Crippen molar-refractivity contribution in [2.45, 2.75) is 19.9 Å². The van der Waals surface area contributed by atoms with Gasteiger partial charge in [0.25, 0.3) is 0 Å². The second kappa shape index (κ2) is 6.16. The first kappa shape index (κ1) is 14.0. The van der Waals surface area contributed by atoms with Gasteiger partial charge in [0, 0.05) is 22.1 Å². The van der Waals surface area contributed by atoms with Crippen LogP contribution in [0, 0.1) is 0 Å². The molecular formula is C13H14BrN3OS. The van der Waals surface area contributed by atoms with E-state index in [0.717, 1.165) is 27.9 Å². The van der Waals surface area contributed by atoms with Crippen LogP contribution >= 0.6 is 28.1 Å². The van der Waals surface area contributed by atoms with Gasteiger partial charge in [-0.15, -0.1) is 0 Å². The van der Waals surface area contributed by atoms with E-state index in [2.05, 4.69) is 26.2 Å². The Balaban J connectivity index is 2.15. The first-order chi connectivity index (χ1) is 9.11. The fourth-order valence-electron chi connectivity index (χ4n) is 1.69. The number of hydrogen-bond donors (Lipinski definition) is 2. The van der Waals surface area contributed by atoms with Gasteiger partial charge in [0.15, 0.2) is 0 Å². The van der Waals surface area contributed by atoms with Crippen molar-refractivity contribution in [1.29, 1.82) is 0 Å². The van der Waals surface area contributed by atoms with Crippen molar-refractivity contribution in [3.8, 4) is 0 Å². The van der Waals surface area contributed by atoms with Crippen molar-refractivity contribution >= 4 is 38.8 Å². The fraction of sp³-hybridized carbons (Fsp3) is 0.231. The lowest BCUT2D eigenvalue weighted by molar-refractivity contribution is 0.466. The maximum atomic E-state index is 5.73. The number of benzene rings is 1. The Morgan fingerprint density at radius 1 is 1.53 bits per heavy atom. The topological polar surface area (TPSA) is 64.1 Å². The molecule has 2 aromatic rings. The normalized spacial score (nSPS) is 10.4. The Kier molecular flexibility index (Phi) is 4.55. The summed E-state index contributed by atoms with van der Waals surface area (Å²) in [5, 5.41) is 3.24. The standard InChI is InChI=1S/C13H14BrN3OS/c1-2-8-6-17-11(18-8)7-16-10-5-3-4-9(14)12(10)13(15)19/h3-6,16H,2,7H2,1H3,(H2,15,19). The summed E-state index contributed by atoms with van der Waals surface area (Å²) in [6.07, 6.45) is 2.58. The molecule has 1 aromatic carbocycles. The number of halogens is 1. The molecule has 1 aromatic heterocycles. The first-order valence-corrected chi connectivity index (χ1v) is 7.07. The molecule has 0 amide bonds. The van der Waals surface area contributed by atoms with E-state index in [1.54, 1.807) is 6.20 Å². The summed E-state index contributed by atoms with van der Waals surface area (Å²) >= 11 is 8.50. The predicted molar refractivity (Wildman–Crippen MR) is 83.2 cm³/mol. The Labute approximate surface area is 125 Å². The molecule has 19 heavy (non-hydrogen) atoms. The van der Waals surface area contributed by atoms with Gasteiger partial charge in [0.05, 0.1) is 12.7 Å². The van der Waals surface area contributed by atoms with E-state index in [1.807, 2.05) is 25.1 Å². The Morgan fingerprint density at radius 3 is 2.95 bits per heavy atom. The molecule has 0 saturated heterocycles. The number of aryl methyl sites for hydroxylation is 1. The number of nitrogens with one attached hydrogen (secondary N) is 1. The van der Waals surface area contributed by atoms with Gasteiger partial charge in [0.1, 0.15) is 10.7 Å². The van der Waals surface area contributed by atoms with Crippen LogP contribution in [0.4, 0.5) is 5.69 Å². The highest BCUT2D eigenvalue weighted by Gasteiger charge is 2.10. The van der Waals surface area contributed by atoms with E-state index in [4.69, 9.17) is 22.4 Å². The fourth-order valence-corrected chi connectivity index (χ4v) is 2.62. The number of oxazole rings is 1. The summed E-state index contributed by atoms with van der Waals surface area (Å²) < 4.78 is 6.40. The van der Waals surface area contributed by atoms with Crippen molar-refractivity contribution in [1.82, 2.24) is 4.98 Å². The van der Waals surface area contributed by atoms with E-state index in [9.17, 15) is 0 Å². The van der Waals surface area contributed by atoms with Gasteiger partial charge in [-0.1, -0.05) is 25.2 Å². The Morgan fingerprint density at radius 2 is 2.32 bits per heavy atom. The van der Waals surface area contributed by atoms with E-state index < -0.39 is 0 Å². The van der Waals surface area contributed by atoms with Gasteiger partial charge in [-0.25, -0.2) is 4.98 Å². The minimum atomic E-state index is 0.344. The van der Waals surface area contributed by atoms with Gasteiger partial charge in [-0.05, 0) is 28.1 Å². The molecule has 2 rings (SSSR count). The minimum Gasteiger partial charge on any atom is -0.444 e. The summed E-state index contributed by atoms with van der Waals surface area (Å²) in [4.78, 5) is 4.54. The quantitative estimate of drug-likeness (QED) is 0.818. The van der Waals surface area contributed by atoms with Crippen molar-refractivity contribution in [2.75, 3.05) is 5.32 Å². The van der Waals surface area contributed by atoms with E-state index >= 15 is 0 Å². The minimum absolute atomic E-state index is 0.344. The van der Waals surface area contributed by atoms with Crippen LogP contribution in [-0.4, -0.2) is 9.97 Å². The van der Waals surface area contributed by atoms with Crippen LogP contribution in [0.5, 0.6) is 0 Å². The molecule has 0 atom stereocenters. The highest BCUT2D eigenvalue weighted by Crippen LogP contribution is 2.25. The van der Waals surface area contributed by atoms with E-state index in [0.29, 0.717) is 17.4 Å². The molecule has 0 aliphatic rings. The number of thiocarbonyl (C=S) groups is 1. The van der Waals surface area contributed by atoms with Crippen LogP contribution in [0.3, 0.4) is 0 Å². The number of anilines is 1. The Hall–Kier alpha value is -1.40. The highest BCUT2D eigenvalue weighted by atomic mass is 79.9. The van der Waals surface area contributed by atoms with Crippen LogP contribution in [0.1, 0.15) is 24.1 Å². The maximum Gasteiger partial charge on any atom is 0.213 e. The molecule has 100 valence electrons. The number of nitrogens with zero attached hydrogens (tertiary/aromatic N) is 1. The molecule has 0 spiro atoms. The lowest BCUT2D eigenvalue weighted by Crippen LogP contribution is -2.14. The average molecular weight is 340 g/mol. The number of nitrogens with two attached hydrogens (primary N) is 1. The molecule has 0 bridgehead atoms. The molecule has 1 heterocycles. The summed E-state index contributed by atoms with van der Waals surface area (Å²) in [7, 11) is 0. The van der Waals surface area contributed by atoms with Gasteiger partial charge in [0.2, 0.25) is 5.89 Å². The van der Waals surface area contributed by atoms with Crippen LogP contribution in [-0.2, 0) is 13.0 Å². The van der Waals surface area contributed by atoms with Crippen LogP contribution in [0.2, 0.25) is 0 Å². The third-order valence-electron chi connectivity index (χ3n) is 2.64. The average Bonchev–Trinajstić information content (AvgIpc) is 2.83. The summed E-state index contributed by atoms with van der Waals surface area (Å²) in [6.45, 7) is 2.52. The summed E-state index contributed by atoms with van der Waals surface area (Å²) in [5.74, 6) is 1.52. The molecule has 3 N–H and O–H groups in total. The van der Waals surface area contributed by atoms with Gasteiger partial charge in [-0.2, -0.15) is 0 Å². The second-order valence-electron chi connectivity index (χ2n) is 3.95. The molecule has 0 aliphatic heterocycles. The molecule has 0 radical (unpaired) electrons. The van der Waals surface area contributed by atoms with Crippen molar-refractivity contribution in [2.24, 2.45) is 5.73 Å². The van der Waals surface area contributed by atoms with Gasteiger partial charge in [-0.3, -0.25) is 0 Å². The van der Waals surface area contributed by atoms with Crippen molar-refractivity contribution in [3.05, 3.63) is 46.1 Å². The number of hydrogen-bond acceptors (Lipinski definition) is 4. The zero-order chi connectivity index (χ0) is 13.8. The summed E-state index contributed by atoms with van der Waals surface area (Å²) in [5.41, 5.74) is 7.38. The third kappa shape index (κ3) is 3.33. The van der Waals surface area contributed by atoms with Gasteiger partial charge >= 0.3 is 0 Å². The zero-order valence-corrected chi connectivity index (χ0v) is 12.8. The molecule has 0 fully saturated rings. The van der Waals surface area contributed by atoms with E-state index in [1.165, 1.54) is 0 Å². The predicted octanol–water partition coefficient (Wildman–Crippen LogP) is 3.25. The van der Waals surface area contributed by atoms with Crippen LogP contribution in [0.15, 0.2) is 33.3 Å². The molecule has 0 aliphatic carbocycles. The van der Waals surface area contributed by atoms with Crippen molar-refractivity contribution in [3.63, 3.8) is 0 Å². The molecule has 6 heteroatoms. The van der Waals surface area contributed by atoms with Gasteiger partial charge < -0.3 is 15.5 Å². The van der Waals surface area contributed by atoms with Crippen molar-refractivity contribution < 1.29 is 4.42 Å². The molecule has 4 nitrogen and oxygen atoms in total. The number of aromatic nitrogens is 1. The van der Waals surface area contributed by atoms with Crippen LogP contribution < -0.4 is 11.1 Å². The molecule has 0 unspecified atom stereocenters. The lowest BCUT2D eigenvalue weighted by atomic mass is 10.2. The highest BCUT2D eigenvalue weighted by molar-refractivity contribution is 9.10. The second-order valence-corrected chi connectivity index (χ2v) is 5.25.